The van der Waals surface area contributed by atoms with Gasteiger partial charge in [0.15, 0.2) is 0 Å². The summed E-state index contributed by atoms with van der Waals surface area (Å²) in [6.07, 6.45) is 0. The van der Waals surface area contributed by atoms with Crippen molar-refractivity contribution in [2.24, 2.45) is 0 Å². The Morgan fingerprint density at radius 2 is 1.62 bits per heavy atom. The zero-order chi connectivity index (χ0) is 15.3. The predicted molar refractivity (Wildman–Crippen MR) is 92.2 cm³/mol. The van der Waals surface area contributed by atoms with E-state index < -0.39 is 8.07 Å². The molecule has 0 aliphatic carbocycles. The van der Waals surface area contributed by atoms with Crippen molar-refractivity contribution in [2.45, 2.75) is 33.2 Å². The smallest absolute Gasteiger partial charge is 0.129 e. The highest BCUT2D eigenvalue weighted by Gasteiger charge is 2.07. The molecule has 21 heavy (non-hydrogen) atoms. The summed E-state index contributed by atoms with van der Waals surface area (Å²) < 4.78 is 5.83. The van der Waals surface area contributed by atoms with Gasteiger partial charge in [0, 0.05) is 5.56 Å². The third-order valence-electron chi connectivity index (χ3n) is 3.09. The molecule has 2 aromatic carbocycles. The average Bonchev–Trinajstić information content (AvgIpc) is 2.45. The molecule has 0 atom stereocenters. The number of ether oxygens (including phenoxy) is 1. The van der Waals surface area contributed by atoms with Crippen molar-refractivity contribution in [1.82, 2.24) is 0 Å². The van der Waals surface area contributed by atoms with E-state index in [0.29, 0.717) is 6.61 Å². The van der Waals surface area contributed by atoms with Crippen LogP contribution in [0.4, 0.5) is 0 Å². The molecule has 0 aliphatic rings. The lowest BCUT2D eigenvalue weighted by molar-refractivity contribution is 0.305. The molecule has 0 unspecified atom stereocenters. The van der Waals surface area contributed by atoms with Gasteiger partial charge in [0.2, 0.25) is 0 Å². The van der Waals surface area contributed by atoms with Crippen molar-refractivity contribution in [3.63, 3.8) is 0 Å². The number of aryl methyl sites for hydroxylation is 1. The number of hydrogen-bond donors (Lipinski definition) is 0. The second-order valence-corrected chi connectivity index (χ2v) is 11.0. The molecule has 108 valence electrons. The van der Waals surface area contributed by atoms with Crippen LogP contribution in [-0.2, 0) is 6.61 Å². The average molecular weight is 294 g/mol. The standard InChI is InChI=1S/C19H22OSi/c1-16-7-5-6-8-18(16)15-20-19-11-9-17(10-12-19)13-14-21(2,3)4/h5-12H,15H2,1-4H3. The van der Waals surface area contributed by atoms with Gasteiger partial charge in [-0.3, -0.25) is 0 Å². The Bertz CT molecular complexity index is 654. The molecule has 0 saturated carbocycles. The molecule has 0 aliphatic heterocycles. The lowest BCUT2D eigenvalue weighted by Gasteiger charge is -2.08. The molecule has 0 radical (unpaired) electrons. The molecule has 0 spiro atoms. The molecule has 0 aromatic heterocycles. The van der Waals surface area contributed by atoms with Crippen LogP contribution in [0.15, 0.2) is 48.5 Å². The Balaban J connectivity index is 2.00. The molecule has 0 fully saturated rings. The summed E-state index contributed by atoms with van der Waals surface area (Å²) in [5.74, 6) is 4.14. The van der Waals surface area contributed by atoms with E-state index in [9.17, 15) is 0 Å². The van der Waals surface area contributed by atoms with Crippen LogP contribution >= 0.6 is 0 Å². The number of hydrogen-bond acceptors (Lipinski definition) is 1. The summed E-state index contributed by atoms with van der Waals surface area (Å²) in [6, 6.07) is 16.3. The van der Waals surface area contributed by atoms with Crippen LogP contribution < -0.4 is 4.74 Å². The van der Waals surface area contributed by atoms with Gasteiger partial charge in [-0.05, 0) is 42.3 Å². The fraction of sp³-hybridized carbons (Fsp3) is 0.263. The first kappa shape index (κ1) is 15.4. The summed E-state index contributed by atoms with van der Waals surface area (Å²) >= 11 is 0. The molecule has 0 N–H and O–H groups in total. The van der Waals surface area contributed by atoms with Gasteiger partial charge >= 0.3 is 0 Å². The van der Waals surface area contributed by atoms with Crippen LogP contribution in [0.1, 0.15) is 16.7 Å². The zero-order valence-corrected chi connectivity index (χ0v) is 14.2. The van der Waals surface area contributed by atoms with E-state index in [1.54, 1.807) is 0 Å². The highest BCUT2D eigenvalue weighted by atomic mass is 28.3. The number of benzene rings is 2. The highest BCUT2D eigenvalue weighted by molar-refractivity contribution is 6.83. The van der Waals surface area contributed by atoms with Crippen molar-refractivity contribution in [3.05, 3.63) is 65.2 Å². The first-order chi connectivity index (χ1) is 9.94. The van der Waals surface area contributed by atoms with Crippen LogP contribution in [0.2, 0.25) is 19.6 Å². The third-order valence-corrected chi connectivity index (χ3v) is 3.97. The SMILES string of the molecule is Cc1ccccc1COc1ccc(C#C[Si](C)(C)C)cc1. The Labute approximate surface area is 129 Å². The molecule has 0 bridgehead atoms. The van der Waals surface area contributed by atoms with Gasteiger partial charge in [-0.15, -0.1) is 5.54 Å². The van der Waals surface area contributed by atoms with E-state index in [-0.39, 0.29) is 0 Å². The Hall–Kier alpha value is -1.98. The normalized spacial score (nSPS) is 10.7. The van der Waals surface area contributed by atoms with Gasteiger partial charge in [-0.2, -0.15) is 0 Å². The van der Waals surface area contributed by atoms with Crippen molar-refractivity contribution in [2.75, 3.05) is 0 Å². The van der Waals surface area contributed by atoms with Gasteiger partial charge in [-0.25, -0.2) is 0 Å². The summed E-state index contributed by atoms with van der Waals surface area (Å²) in [5, 5.41) is 0. The molecule has 2 rings (SSSR count). The van der Waals surface area contributed by atoms with Crippen molar-refractivity contribution in [1.29, 1.82) is 0 Å². The molecule has 2 heteroatoms. The maximum atomic E-state index is 5.83. The molecule has 2 aromatic rings. The lowest BCUT2D eigenvalue weighted by atomic mass is 10.1. The van der Waals surface area contributed by atoms with Gasteiger partial charge in [0.1, 0.15) is 20.4 Å². The van der Waals surface area contributed by atoms with E-state index in [0.717, 1.165) is 11.3 Å². The summed E-state index contributed by atoms with van der Waals surface area (Å²) in [7, 11) is -1.31. The molecular weight excluding hydrogens is 272 g/mol. The van der Waals surface area contributed by atoms with Crippen LogP contribution in [0.3, 0.4) is 0 Å². The first-order valence-corrected chi connectivity index (χ1v) is 10.7. The monoisotopic (exact) mass is 294 g/mol. The molecule has 0 heterocycles. The van der Waals surface area contributed by atoms with E-state index in [1.165, 1.54) is 11.1 Å². The molecular formula is C19H22OSi. The fourth-order valence-electron chi connectivity index (χ4n) is 1.83. The Morgan fingerprint density at radius 1 is 0.952 bits per heavy atom. The number of rotatable bonds is 3. The molecule has 0 amide bonds. The highest BCUT2D eigenvalue weighted by Crippen LogP contribution is 2.15. The van der Waals surface area contributed by atoms with E-state index in [1.807, 2.05) is 36.4 Å². The molecule has 1 nitrogen and oxygen atoms in total. The Kier molecular flexibility index (Phi) is 4.88. The third kappa shape index (κ3) is 5.13. The summed E-state index contributed by atoms with van der Waals surface area (Å²) in [4.78, 5) is 0. The van der Waals surface area contributed by atoms with E-state index in [4.69, 9.17) is 4.74 Å². The van der Waals surface area contributed by atoms with Crippen LogP contribution in [0.5, 0.6) is 5.75 Å². The summed E-state index contributed by atoms with van der Waals surface area (Å²) in [5.41, 5.74) is 6.91. The van der Waals surface area contributed by atoms with Crippen molar-refractivity contribution >= 4 is 8.07 Å². The second-order valence-electron chi connectivity index (χ2n) is 6.24. The van der Waals surface area contributed by atoms with Crippen LogP contribution in [0.25, 0.3) is 0 Å². The van der Waals surface area contributed by atoms with Crippen molar-refractivity contribution < 1.29 is 4.74 Å². The minimum atomic E-state index is -1.31. The van der Waals surface area contributed by atoms with E-state index >= 15 is 0 Å². The molecule has 0 saturated heterocycles. The maximum Gasteiger partial charge on any atom is 0.129 e. The summed E-state index contributed by atoms with van der Waals surface area (Å²) in [6.45, 7) is 9.46. The van der Waals surface area contributed by atoms with Gasteiger partial charge in [0.05, 0.1) is 0 Å². The Morgan fingerprint density at radius 3 is 2.24 bits per heavy atom. The van der Waals surface area contributed by atoms with Gasteiger partial charge in [-0.1, -0.05) is 49.8 Å². The minimum absolute atomic E-state index is 0.604. The maximum absolute atomic E-state index is 5.83. The topological polar surface area (TPSA) is 9.23 Å². The zero-order valence-electron chi connectivity index (χ0n) is 13.2. The van der Waals surface area contributed by atoms with Crippen LogP contribution in [0, 0.1) is 18.4 Å². The first-order valence-electron chi connectivity index (χ1n) is 7.25. The fourth-order valence-corrected chi connectivity index (χ4v) is 2.35. The van der Waals surface area contributed by atoms with Gasteiger partial charge < -0.3 is 4.74 Å². The predicted octanol–water partition coefficient (Wildman–Crippen LogP) is 4.80. The largest absolute Gasteiger partial charge is 0.489 e. The van der Waals surface area contributed by atoms with Gasteiger partial charge in [0.25, 0.3) is 0 Å². The quantitative estimate of drug-likeness (QED) is 0.583. The van der Waals surface area contributed by atoms with E-state index in [2.05, 4.69) is 50.2 Å². The lowest BCUT2D eigenvalue weighted by Crippen LogP contribution is -2.16. The van der Waals surface area contributed by atoms with Crippen molar-refractivity contribution in [3.8, 4) is 17.2 Å². The second kappa shape index (κ2) is 6.65. The minimum Gasteiger partial charge on any atom is -0.489 e. The van der Waals surface area contributed by atoms with Crippen LogP contribution in [-0.4, -0.2) is 8.07 Å².